The van der Waals surface area contributed by atoms with Gasteiger partial charge in [0.05, 0.1) is 25.8 Å². The third kappa shape index (κ3) is 5.99. The van der Waals surface area contributed by atoms with Crippen LogP contribution in [0.4, 0.5) is 11.5 Å². The molecule has 3 rings (SSSR count). The Morgan fingerprint density at radius 2 is 1.81 bits per heavy atom. The van der Waals surface area contributed by atoms with Gasteiger partial charge in [-0.25, -0.2) is 9.59 Å². The molecule has 0 aliphatic heterocycles. The van der Waals surface area contributed by atoms with Crippen molar-refractivity contribution in [2.24, 2.45) is 0 Å². The van der Waals surface area contributed by atoms with E-state index in [-0.39, 0.29) is 36.8 Å². The van der Waals surface area contributed by atoms with Crippen LogP contribution in [0.1, 0.15) is 21.5 Å². The lowest BCUT2D eigenvalue weighted by atomic mass is 10.1. The van der Waals surface area contributed by atoms with E-state index in [1.807, 2.05) is 13.0 Å². The first-order valence-corrected chi connectivity index (χ1v) is 11.0. The zero-order chi connectivity index (χ0) is 26.2. The van der Waals surface area contributed by atoms with Gasteiger partial charge in [0.1, 0.15) is 11.6 Å². The van der Waals surface area contributed by atoms with E-state index in [1.54, 1.807) is 36.4 Å². The number of methoxy groups -OCH3 is 2. The smallest absolute Gasteiger partial charge is 0.338 e. The molecule has 2 aromatic carbocycles. The Labute approximate surface area is 207 Å². The molecule has 0 saturated heterocycles. The molecule has 3 N–H and O–H groups in total. The van der Waals surface area contributed by atoms with Gasteiger partial charge in [-0.05, 0) is 30.2 Å². The van der Waals surface area contributed by atoms with Crippen molar-refractivity contribution in [3.05, 3.63) is 86.1 Å². The molecule has 1 amide bonds. The predicted molar refractivity (Wildman–Crippen MR) is 134 cm³/mol. The highest BCUT2D eigenvalue weighted by Crippen LogP contribution is 2.20. The van der Waals surface area contributed by atoms with Crippen LogP contribution in [0.15, 0.2) is 58.1 Å². The molecule has 0 saturated carbocycles. The fourth-order valence-corrected chi connectivity index (χ4v) is 3.54. The molecule has 11 heteroatoms. The number of ether oxygens (including phenoxy) is 3. The average molecular weight is 497 g/mol. The summed E-state index contributed by atoms with van der Waals surface area (Å²) in [6.45, 7) is 1.22. The lowest BCUT2D eigenvalue weighted by Crippen LogP contribution is -2.44. The van der Waals surface area contributed by atoms with Gasteiger partial charge in [0.25, 0.3) is 11.5 Å². The minimum atomic E-state index is -0.846. The number of nitrogen functional groups attached to an aromatic ring is 1. The summed E-state index contributed by atoms with van der Waals surface area (Å²) in [5.74, 6) is -1.17. The molecule has 0 aliphatic carbocycles. The number of carbonyl (C=O) groups excluding carboxylic acids is 2. The molecule has 190 valence electrons. The minimum Gasteiger partial charge on any atom is -0.496 e. The maximum atomic E-state index is 13.1. The van der Waals surface area contributed by atoms with Crippen LogP contribution in [0.25, 0.3) is 0 Å². The molecule has 11 nitrogen and oxygen atoms in total. The van der Waals surface area contributed by atoms with Gasteiger partial charge in [-0.15, -0.1) is 0 Å². The minimum absolute atomic E-state index is 0.0611. The second kappa shape index (κ2) is 11.8. The summed E-state index contributed by atoms with van der Waals surface area (Å²) in [5, 5.41) is 0. The molecule has 0 bridgehead atoms. The van der Waals surface area contributed by atoms with Crippen molar-refractivity contribution in [1.29, 1.82) is 0 Å². The number of benzene rings is 2. The van der Waals surface area contributed by atoms with E-state index >= 15 is 0 Å². The van der Waals surface area contributed by atoms with Gasteiger partial charge in [-0.3, -0.25) is 24.0 Å². The van der Waals surface area contributed by atoms with E-state index < -0.39 is 29.7 Å². The number of esters is 1. The van der Waals surface area contributed by atoms with Crippen LogP contribution < -0.4 is 26.6 Å². The van der Waals surface area contributed by atoms with Crippen molar-refractivity contribution in [3.63, 3.8) is 0 Å². The lowest BCUT2D eigenvalue weighted by Gasteiger charge is -2.24. The quantitative estimate of drug-likeness (QED) is 0.400. The van der Waals surface area contributed by atoms with Crippen LogP contribution in [-0.2, 0) is 20.8 Å². The maximum Gasteiger partial charge on any atom is 0.338 e. The van der Waals surface area contributed by atoms with Crippen LogP contribution in [-0.4, -0.2) is 55.4 Å². The first-order chi connectivity index (χ1) is 17.3. The maximum absolute atomic E-state index is 13.1. The van der Waals surface area contributed by atoms with Crippen LogP contribution in [0, 0.1) is 6.92 Å². The van der Waals surface area contributed by atoms with E-state index in [9.17, 15) is 19.2 Å². The number of aromatic amines is 1. The van der Waals surface area contributed by atoms with E-state index in [0.717, 1.165) is 20.6 Å². The van der Waals surface area contributed by atoms with E-state index in [1.165, 1.54) is 20.3 Å². The molecular formula is C25H28N4O7. The number of nitrogens with two attached hydrogens (primary N) is 1. The number of H-pyrrole nitrogens is 1. The van der Waals surface area contributed by atoms with Gasteiger partial charge in [0.15, 0.2) is 12.3 Å². The summed E-state index contributed by atoms with van der Waals surface area (Å²) >= 11 is 0. The van der Waals surface area contributed by atoms with E-state index in [0.29, 0.717) is 5.75 Å². The highest BCUT2D eigenvalue weighted by atomic mass is 16.5. The molecule has 0 radical (unpaired) electrons. The Hall–Kier alpha value is -4.38. The number of nitrogens with zero attached hydrogens (tertiary/aromatic N) is 2. The van der Waals surface area contributed by atoms with Crippen LogP contribution in [0.3, 0.4) is 0 Å². The van der Waals surface area contributed by atoms with Crippen molar-refractivity contribution >= 4 is 23.4 Å². The van der Waals surface area contributed by atoms with Crippen molar-refractivity contribution < 1.29 is 23.8 Å². The average Bonchev–Trinajstić information content (AvgIpc) is 2.87. The standard InChI is InChI=1S/C25H28N4O7/c1-16-9-10-18(13-19(16)35-3)24(32)36-15-20(30)28(11-12-34-2)21-22(26)29(25(33)27-23(21)31)14-17-7-5-4-6-8-17/h4-10,13H,11-12,14-15,26H2,1-3H3,(H,27,31,33). The Balaban J connectivity index is 1.88. The second-order valence-electron chi connectivity index (χ2n) is 7.86. The summed E-state index contributed by atoms with van der Waals surface area (Å²) in [4.78, 5) is 54.1. The summed E-state index contributed by atoms with van der Waals surface area (Å²) in [5.41, 5.74) is 6.21. The van der Waals surface area contributed by atoms with Gasteiger partial charge in [0, 0.05) is 13.7 Å². The fraction of sp³-hybridized carbons (Fsp3) is 0.280. The monoisotopic (exact) mass is 496 g/mol. The number of rotatable bonds is 10. The van der Waals surface area contributed by atoms with Gasteiger partial charge in [-0.1, -0.05) is 36.4 Å². The third-order valence-electron chi connectivity index (χ3n) is 5.46. The molecule has 0 spiro atoms. The Kier molecular flexibility index (Phi) is 8.63. The largest absolute Gasteiger partial charge is 0.496 e. The van der Waals surface area contributed by atoms with Crippen molar-refractivity contribution in [2.45, 2.75) is 13.5 Å². The summed E-state index contributed by atoms with van der Waals surface area (Å²) in [6.07, 6.45) is 0. The number of hydrogen-bond acceptors (Lipinski definition) is 8. The molecule has 36 heavy (non-hydrogen) atoms. The number of carbonyl (C=O) groups is 2. The molecule has 0 fully saturated rings. The number of aryl methyl sites for hydroxylation is 1. The molecular weight excluding hydrogens is 468 g/mol. The third-order valence-corrected chi connectivity index (χ3v) is 5.46. The molecule has 1 heterocycles. The predicted octanol–water partition coefficient (Wildman–Crippen LogP) is 1.32. The van der Waals surface area contributed by atoms with Crippen molar-refractivity contribution in [2.75, 3.05) is 44.6 Å². The van der Waals surface area contributed by atoms with Crippen molar-refractivity contribution in [1.82, 2.24) is 9.55 Å². The zero-order valence-corrected chi connectivity index (χ0v) is 20.3. The highest BCUT2D eigenvalue weighted by molar-refractivity contribution is 5.98. The number of hydrogen-bond donors (Lipinski definition) is 2. The Morgan fingerprint density at radius 1 is 1.08 bits per heavy atom. The summed E-state index contributed by atoms with van der Waals surface area (Å²) in [7, 11) is 2.91. The first kappa shape index (κ1) is 26.2. The summed E-state index contributed by atoms with van der Waals surface area (Å²) in [6, 6.07) is 13.8. The second-order valence-corrected chi connectivity index (χ2v) is 7.86. The van der Waals surface area contributed by atoms with Crippen LogP contribution >= 0.6 is 0 Å². The number of nitrogens with one attached hydrogen (secondary N) is 1. The molecule has 0 unspecified atom stereocenters. The lowest BCUT2D eigenvalue weighted by molar-refractivity contribution is -0.121. The SMILES string of the molecule is COCCN(C(=O)COC(=O)c1ccc(C)c(OC)c1)c1c(N)n(Cc2ccccc2)c(=O)[nH]c1=O. The number of aromatic nitrogens is 2. The molecule has 0 aliphatic rings. The van der Waals surface area contributed by atoms with Crippen LogP contribution in [0.2, 0.25) is 0 Å². The number of anilines is 2. The normalized spacial score (nSPS) is 10.6. The number of amides is 1. The molecule has 0 atom stereocenters. The Bertz CT molecular complexity index is 1350. The van der Waals surface area contributed by atoms with E-state index in [4.69, 9.17) is 19.9 Å². The highest BCUT2D eigenvalue weighted by Gasteiger charge is 2.25. The first-order valence-electron chi connectivity index (χ1n) is 11.0. The van der Waals surface area contributed by atoms with E-state index in [2.05, 4.69) is 4.98 Å². The summed E-state index contributed by atoms with van der Waals surface area (Å²) < 4.78 is 16.6. The zero-order valence-electron chi connectivity index (χ0n) is 20.3. The van der Waals surface area contributed by atoms with Gasteiger partial charge < -0.3 is 19.9 Å². The van der Waals surface area contributed by atoms with Crippen molar-refractivity contribution in [3.8, 4) is 5.75 Å². The molecule has 1 aromatic heterocycles. The topological polar surface area (TPSA) is 146 Å². The Morgan fingerprint density at radius 3 is 2.47 bits per heavy atom. The van der Waals surface area contributed by atoms with Gasteiger partial charge in [0.2, 0.25) is 0 Å². The van der Waals surface area contributed by atoms with Gasteiger partial charge in [-0.2, -0.15) is 0 Å². The molecule has 3 aromatic rings. The fourth-order valence-electron chi connectivity index (χ4n) is 3.54. The van der Waals surface area contributed by atoms with Gasteiger partial charge >= 0.3 is 11.7 Å². The van der Waals surface area contributed by atoms with Crippen LogP contribution in [0.5, 0.6) is 5.75 Å².